The van der Waals surface area contributed by atoms with Crippen molar-refractivity contribution < 1.29 is 14.3 Å². The number of carboxylic acid groups (broad SMARTS) is 1. The van der Waals surface area contributed by atoms with E-state index in [0.29, 0.717) is 22.2 Å². The molecule has 0 saturated carbocycles. The van der Waals surface area contributed by atoms with Gasteiger partial charge in [0, 0.05) is 6.20 Å². The van der Waals surface area contributed by atoms with Gasteiger partial charge >= 0.3 is 5.97 Å². The van der Waals surface area contributed by atoms with E-state index in [-0.39, 0.29) is 11.3 Å². The molecule has 0 bridgehead atoms. The van der Waals surface area contributed by atoms with Crippen molar-refractivity contribution in [2.24, 2.45) is 0 Å². The summed E-state index contributed by atoms with van der Waals surface area (Å²) in [5.41, 5.74) is 0.941. The van der Waals surface area contributed by atoms with Crippen LogP contribution in [-0.2, 0) is 0 Å². The van der Waals surface area contributed by atoms with Gasteiger partial charge in [0.2, 0.25) is 0 Å². The molecular formula is C15H11ClN2O3. The molecule has 1 aromatic carbocycles. The average molecular weight is 303 g/mol. The van der Waals surface area contributed by atoms with Crippen LogP contribution in [0, 0.1) is 6.92 Å². The number of hydrogen-bond acceptors (Lipinski definition) is 3. The molecule has 0 aliphatic heterocycles. The second-order valence-corrected chi connectivity index (χ2v) is 4.91. The van der Waals surface area contributed by atoms with Crippen molar-refractivity contribution >= 4 is 17.6 Å². The van der Waals surface area contributed by atoms with Crippen LogP contribution < -0.4 is 0 Å². The summed E-state index contributed by atoms with van der Waals surface area (Å²) in [5.74, 6) is 0.0293. The van der Waals surface area contributed by atoms with Crippen molar-refractivity contribution in [3.8, 4) is 17.1 Å². The number of aromatic carboxylic acids is 1. The van der Waals surface area contributed by atoms with E-state index in [0.717, 1.165) is 0 Å². The van der Waals surface area contributed by atoms with Gasteiger partial charge in [0.05, 0.1) is 10.7 Å². The minimum atomic E-state index is -1.07. The molecule has 106 valence electrons. The summed E-state index contributed by atoms with van der Waals surface area (Å²) in [6.07, 6.45) is 1.43. The van der Waals surface area contributed by atoms with Crippen molar-refractivity contribution in [2.45, 2.75) is 6.92 Å². The number of halogens is 1. The first-order valence-corrected chi connectivity index (χ1v) is 6.59. The average Bonchev–Trinajstić information content (AvgIpc) is 3.05. The lowest BCUT2D eigenvalue weighted by molar-refractivity contribution is 0.0697. The van der Waals surface area contributed by atoms with Crippen LogP contribution in [0.2, 0.25) is 5.02 Å². The Morgan fingerprint density at radius 2 is 2.05 bits per heavy atom. The molecule has 5 nitrogen and oxygen atoms in total. The Morgan fingerprint density at radius 1 is 1.29 bits per heavy atom. The van der Waals surface area contributed by atoms with Gasteiger partial charge in [-0.15, -0.1) is 0 Å². The van der Waals surface area contributed by atoms with Gasteiger partial charge in [-0.25, -0.2) is 9.48 Å². The second-order valence-electron chi connectivity index (χ2n) is 4.50. The van der Waals surface area contributed by atoms with Gasteiger partial charge in [0.1, 0.15) is 17.0 Å². The van der Waals surface area contributed by atoms with E-state index >= 15 is 0 Å². The predicted octanol–water partition coefficient (Wildman–Crippen LogP) is 3.79. The number of nitrogens with zero attached hydrogens (tertiary/aromatic N) is 2. The van der Waals surface area contributed by atoms with Gasteiger partial charge in [0.15, 0.2) is 5.76 Å². The fraction of sp³-hybridized carbons (Fsp3) is 0.0667. The monoisotopic (exact) mass is 302 g/mol. The maximum absolute atomic E-state index is 11.4. The molecule has 21 heavy (non-hydrogen) atoms. The maximum Gasteiger partial charge on any atom is 0.339 e. The quantitative estimate of drug-likeness (QED) is 0.799. The Balaban J connectivity index is 2.18. The molecule has 0 saturated heterocycles. The van der Waals surface area contributed by atoms with Gasteiger partial charge in [0.25, 0.3) is 0 Å². The van der Waals surface area contributed by atoms with Gasteiger partial charge in [-0.1, -0.05) is 23.7 Å². The largest absolute Gasteiger partial charge is 0.478 e. The van der Waals surface area contributed by atoms with E-state index in [9.17, 15) is 9.90 Å². The van der Waals surface area contributed by atoms with E-state index in [2.05, 4.69) is 5.10 Å². The number of aryl methyl sites for hydroxylation is 1. The molecule has 3 rings (SSSR count). The number of hydrogen-bond donors (Lipinski definition) is 1. The SMILES string of the molecule is Cc1ccc(-c2nn(-c3ccccc3Cl)cc2C(=O)O)o1. The van der Waals surface area contributed by atoms with E-state index in [1.54, 1.807) is 43.3 Å². The second kappa shape index (κ2) is 5.10. The molecule has 0 amide bonds. The number of carboxylic acids is 1. The molecule has 1 N–H and O–H groups in total. The van der Waals surface area contributed by atoms with Crippen LogP contribution in [0.5, 0.6) is 0 Å². The van der Waals surface area contributed by atoms with Crippen molar-refractivity contribution in [3.05, 3.63) is 58.9 Å². The van der Waals surface area contributed by atoms with Crippen LogP contribution in [0.1, 0.15) is 16.1 Å². The first-order valence-electron chi connectivity index (χ1n) is 6.21. The standard InChI is InChI=1S/C15H11ClN2O3/c1-9-6-7-13(21-9)14-10(15(19)20)8-18(17-14)12-5-3-2-4-11(12)16/h2-8H,1H3,(H,19,20). The van der Waals surface area contributed by atoms with Crippen LogP contribution in [0.3, 0.4) is 0 Å². The van der Waals surface area contributed by atoms with Gasteiger partial charge in [-0.3, -0.25) is 0 Å². The Labute approximate surface area is 125 Å². The number of aromatic nitrogens is 2. The fourth-order valence-electron chi connectivity index (χ4n) is 2.04. The Morgan fingerprint density at radius 3 is 2.67 bits per heavy atom. The molecular weight excluding hydrogens is 292 g/mol. The molecule has 2 heterocycles. The number of para-hydroxylation sites is 1. The zero-order valence-corrected chi connectivity index (χ0v) is 11.8. The van der Waals surface area contributed by atoms with Crippen LogP contribution >= 0.6 is 11.6 Å². The third-order valence-electron chi connectivity index (χ3n) is 3.02. The minimum Gasteiger partial charge on any atom is -0.478 e. The number of rotatable bonds is 3. The van der Waals surface area contributed by atoms with Crippen LogP contribution in [0.25, 0.3) is 17.1 Å². The molecule has 0 aliphatic carbocycles. The zero-order chi connectivity index (χ0) is 15.0. The summed E-state index contributed by atoms with van der Waals surface area (Å²) in [6, 6.07) is 10.5. The Kier molecular flexibility index (Phi) is 3.27. The topological polar surface area (TPSA) is 68.3 Å². The maximum atomic E-state index is 11.4. The summed E-state index contributed by atoms with van der Waals surface area (Å²) < 4.78 is 6.91. The summed E-state index contributed by atoms with van der Waals surface area (Å²) >= 11 is 6.12. The van der Waals surface area contributed by atoms with E-state index in [1.807, 2.05) is 0 Å². The number of furan rings is 1. The Hall–Kier alpha value is -2.53. The lowest BCUT2D eigenvalue weighted by Crippen LogP contribution is -1.96. The highest BCUT2D eigenvalue weighted by Crippen LogP contribution is 2.27. The summed E-state index contributed by atoms with van der Waals surface area (Å²) in [5, 5.41) is 14.1. The third-order valence-corrected chi connectivity index (χ3v) is 3.34. The summed E-state index contributed by atoms with van der Waals surface area (Å²) in [7, 11) is 0. The van der Waals surface area contributed by atoms with Crippen LogP contribution in [0.15, 0.2) is 47.0 Å². The molecule has 2 aromatic heterocycles. The van der Waals surface area contributed by atoms with Gasteiger partial charge in [-0.2, -0.15) is 5.10 Å². The summed E-state index contributed by atoms with van der Waals surface area (Å²) in [6.45, 7) is 1.79. The molecule has 3 aromatic rings. The first kappa shape index (κ1) is 13.5. The predicted molar refractivity (Wildman–Crippen MR) is 78.0 cm³/mol. The smallest absolute Gasteiger partial charge is 0.339 e. The lowest BCUT2D eigenvalue weighted by Gasteiger charge is -2.02. The van der Waals surface area contributed by atoms with Crippen LogP contribution in [-0.4, -0.2) is 20.9 Å². The number of carbonyl (C=O) groups is 1. The first-order chi connectivity index (χ1) is 10.1. The van der Waals surface area contributed by atoms with Crippen molar-refractivity contribution in [1.82, 2.24) is 9.78 Å². The fourth-order valence-corrected chi connectivity index (χ4v) is 2.26. The molecule has 0 radical (unpaired) electrons. The van der Waals surface area contributed by atoms with Crippen LogP contribution in [0.4, 0.5) is 0 Å². The summed E-state index contributed by atoms with van der Waals surface area (Å²) in [4.78, 5) is 11.4. The Bertz CT molecular complexity index is 820. The van der Waals surface area contributed by atoms with Gasteiger partial charge in [-0.05, 0) is 31.2 Å². The molecule has 6 heteroatoms. The van der Waals surface area contributed by atoms with Crippen molar-refractivity contribution in [2.75, 3.05) is 0 Å². The van der Waals surface area contributed by atoms with E-state index in [4.69, 9.17) is 16.0 Å². The molecule has 0 aliphatic rings. The molecule has 0 spiro atoms. The zero-order valence-electron chi connectivity index (χ0n) is 11.1. The van der Waals surface area contributed by atoms with Gasteiger partial charge < -0.3 is 9.52 Å². The molecule has 0 unspecified atom stereocenters. The number of benzene rings is 1. The van der Waals surface area contributed by atoms with Crippen molar-refractivity contribution in [1.29, 1.82) is 0 Å². The van der Waals surface area contributed by atoms with Crippen molar-refractivity contribution in [3.63, 3.8) is 0 Å². The molecule has 0 atom stereocenters. The minimum absolute atomic E-state index is 0.0595. The third kappa shape index (κ3) is 2.43. The highest BCUT2D eigenvalue weighted by molar-refractivity contribution is 6.32. The lowest BCUT2D eigenvalue weighted by atomic mass is 10.2. The highest BCUT2D eigenvalue weighted by Gasteiger charge is 2.20. The molecule has 0 fully saturated rings. The van der Waals surface area contributed by atoms with E-state index in [1.165, 1.54) is 10.9 Å². The highest BCUT2D eigenvalue weighted by atomic mass is 35.5. The normalized spacial score (nSPS) is 10.8. The van der Waals surface area contributed by atoms with E-state index < -0.39 is 5.97 Å².